The molecule has 0 amide bonds. The second-order valence-electron chi connectivity index (χ2n) is 11.6. The molecule has 1 N–H and O–H groups in total. The minimum Gasteiger partial charge on any atom is -0.359 e. The first-order chi connectivity index (χ1) is 22.2. The number of nitrogens with zero attached hydrogens (tertiary/aromatic N) is 2. The lowest BCUT2D eigenvalue weighted by Crippen LogP contribution is -2.27. The van der Waals surface area contributed by atoms with Gasteiger partial charge in [-0.15, -0.1) is 0 Å². The lowest BCUT2D eigenvalue weighted by molar-refractivity contribution is 0.822. The van der Waals surface area contributed by atoms with Crippen molar-refractivity contribution in [2.45, 2.75) is 6.17 Å². The van der Waals surface area contributed by atoms with Crippen molar-refractivity contribution < 1.29 is 0 Å². The van der Waals surface area contributed by atoms with Crippen LogP contribution in [0.3, 0.4) is 0 Å². The molecule has 1 atom stereocenters. The van der Waals surface area contributed by atoms with Crippen LogP contribution in [0.15, 0.2) is 158 Å². The van der Waals surface area contributed by atoms with E-state index in [1.165, 1.54) is 49.4 Å². The van der Waals surface area contributed by atoms with E-state index in [9.17, 15) is 0 Å². The Morgan fingerprint density at radius 1 is 0.622 bits per heavy atom. The number of fused-ring (bicyclic) bond motifs is 10. The van der Waals surface area contributed by atoms with E-state index in [1.807, 2.05) is 18.3 Å². The fourth-order valence-corrected chi connectivity index (χ4v) is 10.7. The molecule has 1 aromatic heterocycles. The summed E-state index contributed by atoms with van der Waals surface area (Å²) in [6.07, 6.45) is 2.06. The molecular weight excluding hydrogens is 586 g/mol. The summed E-state index contributed by atoms with van der Waals surface area (Å²) in [6, 6.07) is 51.7. The van der Waals surface area contributed by atoms with Crippen LogP contribution in [0.4, 0.5) is 17.1 Å². The van der Waals surface area contributed by atoms with Crippen LogP contribution in [0.5, 0.6) is 0 Å². The minimum atomic E-state index is -2.24. The Hall–Kier alpha value is -5.02. The van der Waals surface area contributed by atoms with E-state index in [0.717, 1.165) is 22.2 Å². The topological polar surface area (TPSA) is 28.2 Å². The normalized spacial score (nSPS) is 14.7. The molecule has 0 spiro atoms. The van der Waals surface area contributed by atoms with Crippen LogP contribution in [0.2, 0.25) is 0 Å². The van der Waals surface area contributed by atoms with Gasteiger partial charge in [-0.3, -0.25) is 4.98 Å². The van der Waals surface area contributed by atoms with Gasteiger partial charge in [0.15, 0.2) is 0 Å². The molecule has 0 aliphatic carbocycles. The maximum Gasteiger partial charge on any atom is 0.131 e. The molecule has 45 heavy (non-hydrogen) atoms. The second-order valence-corrected chi connectivity index (χ2v) is 16.0. The van der Waals surface area contributed by atoms with Crippen molar-refractivity contribution in [1.29, 1.82) is 0 Å². The van der Waals surface area contributed by atoms with E-state index < -0.39 is 6.04 Å². The van der Waals surface area contributed by atoms with E-state index in [0.29, 0.717) is 0 Å². The molecule has 0 bridgehead atoms. The lowest BCUT2D eigenvalue weighted by Gasteiger charge is -2.36. The molecule has 0 saturated carbocycles. The predicted octanol–water partition coefficient (Wildman–Crippen LogP) is 8.90. The van der Waals surface area contributed by atoms with Crippen LogP contribution >= 0.6 is 6.04 Å². The Morgan fingerprint density at radius 2 is 1.33 bits per heavy atom. The largest absolute Gasteiger partial charge is 0.359 e. The van der Waals surface area contributed by atoms with Gasteiger partial charge in [-0.25, -0.2) is 0 Å². The zero-order chi connectivity index (χ0) is 30.0. The summed E-state index contributed by atoms with van der Waals surface area (Å²) in [5.41, 5.74) is 9.49. The Morgan fingerprint density at radius 3 is 2.09 bits per heavy atom. The van der Waals surface area contributed by atoms with Gasteiger partial charge in [0.2, 0.25) is 0 Å². The van der Waals surface area contributed by atoms with Crippen LogP contribution in [-0.2, 0) is 11.8 Å². The highest BCUT2D eigenvalue weighted by molar-refractivity contribution is 8.25. The SMILES string of the molecule is S=P(c1ccccc1)(c1ccccc1)c1ccc(-c2ccc3c4c(ccc3c2)-c2ccccc2C2Nc3ccccc3N42)nc1. The molecule has 6 aromatic carbocycles. The van der Waals surface area contributed by atoms with Crippen molar-refractivity contribution in [3.8, 4) is 22.4 Å². The first-order valence-corrected chi connectivity index (χ1v) is 18.0. The minimum absolute atomic E-state index is 0.0572. The third-order valence-electron chi connectivity index (χ3n) is 9.14. The maximum absolute atomic E-state index is 6.54. The predicted molar refractivity (Wildman–Crippen MR) is 194 cm³/mol. The number of benzene rings is 6. The standard InChI is InChI=1S/C40H28N3PS/c45-44(29-11-3-1-4-12-29,30-13-5-2-6-14-30)31-21-24-36(41-26-31)28-20-22-32-27(25-28)19-23-34-33-15-7-8-16-35(33)40-42-37-17-9-10-18-38(37)43(40)39(32)34/h1-26,40,42H. The number of pyridine rings is 1. The first kappa shape index (κ1) is 26.4. The summed E-state index contributed by atoms with van der Waals surface area (Å²) in [6.45, 7) is 0. The summed E-state index contributed by atoms with van der Waals surface area (Å²) in [4.78, 5) is 7.49. The number of aromatic nitrogens is 1. The number of para-hydroxylation sites is 2. The maximum atomic E-state index is 6.54. The van der Waals surface area contributed by atoms with E-state index >= 15 is 0 Å². The van der Waals surface area contributed by atoms with Gasteiger partial charge in [0.1, 0.15) is 6.17 Å². The van der Waals surface area contributed by atoms with Gasteiger partial charge in [0.05, 0.1) is 22.8 Å². The summed E-state index contributed by atoms with van der Waals surface area (Å²) in [7, 11) is 0. The lowest BCUT2D eigenvalue weighted by atomic mass is 9.88. The Labute approximate surface area is 267 Å². The molecule has 214 valence electrons. The summed E-state index contributed by atoms with van der Waals surface area (Å²) in [5, 5.41) is 9.66. The van der Waals surface area contributed by atoms with Gasteiger partial charge in [0, 0.05) is 39.6 Å². The van der Waals surface area contributed by atoms with Gasteiger partial charge >= 0.3 is 0 Å². The fraction of sp³-hybridized carbons (Fsp3) is 0.0250. The van der Waals surface area contributed by atoms with Crippen molar-refractivity contribution in [3.05, 3.63) is 163 Å². The highest BCUT2D eigenvalue weighted by Gasteiger charge is 2.38. The fourth-order valence-electron chi connectivity index (χ4n) is 7.02. The van der Waals surface area contributed by atoms with Crippen LogP contribution in [0.1, 0.15) is 11.7 Å². The molecule has 9 rings (SSSR count). The van der Waals surface area contributed by atoms with E-state index in [4.69, 9.17) is 16.8 Å². The van der Waals surface area contributed by atoms with E-state index in [2.05, 4.69) is 150 Å². The molecule has 0 saturated heterocycles. The van der Waals surface area contributed by atoms with Crippen LogP contribution < -0.4 is 26.1 Å². The molecule has 2 aliphatic rings. The highest BCUT2D eigenvalue weighted by Crippen LogP contribution is 2.56. The van der Waals surface area contributed by atoms with Crippen molar-refractivity contribution in [3.63, 3.8) is 0 Å². The average molecular weight is 614 g/mol. The Kier molecular flexibility index (Phi) is 6.02. The average Bonchev–Trinajstić information content (AvgIpc) is 3.51. The summed E-state index contributed by atoms with van der Waals surface area (Å²) in [5.74, 6) is 0. The molecule has 0 radical (unpaired) electrons. The zero-order valence-corrected chi connectivity index (χ0v) is 26.0. The quantitative estimate of drug-likeness (QED) is 0.201. The van der Waals surface area contributed by atoms with Crippen LogP contribution in [0.25, 0.3) is 33.2 Å². The summed E-state index contributed by atoms with van der Waals surface area (Å²) >= 11 is 6.54. The van der Waals surface area contributed by atoms with Gasteiger partial charge in [-0.05, 0) is 51.9 Å². The molecule has 0 fully saturated rings. The number of hydrogen-bond acceptors (Lipinski definition) is 4. The summed E-state index contributed by atoms with van der Waals surface area (Å²) < 4.78 is 0. The number of anilines is 3. The third-order valence-corrected chi connectivity index (χ3v) is 14.1. The van der Waals surface area contributed by atoms with Gasteiger partial charge in [0.25, 0.3) is 0 Å². The molecule has 3 nitrogen and oxygen atoms in total. The molecule has 7 aromatic rings. The Balaban J connectivity index is 1.15. The van der Waals surface area contributed by atoms with Crippen LogP contribution in [-0.4, -0.2) is 4.98 Å². The highest BCUT2D eigenvalue weighted by atomic mass is 32.4. The number of rotatable bonds is 4. The molecule has 3 heterocycles. The van der Waals surface area contributed by atoms with Crippen molar-refractivity contribution in [2.24, 2.45) is 0 Å². The monoisotopic (exact) mass is 613 g/mol. The van der Waals surface area contributed by atoms with Crippen molar-refractivity contribution >= 4 is 61.6 Å². The zero-order valence-electron chi connectivity index (χ0n) is 24.3. The number of hydrogen-bond donors (Lipinski definition) is 1. The molecule has 1 unspecified atom stereocenters. The van der Waals surface area contributed by atoms with E-state index in [-0.39, 0.29) is 6.17 Å². The van der Waals surface area contributed by atoms with Gasteiger partial charge in [-0.1, -0.05) is 133 Å². The Bertz CT molecular complexity index is 2240. The number of nitrogens with one attached hydrogen (secondary N) is 1. The van der Waals surface area contributed by atoms with Crippen LogP contribution in [0, 0.1) is 0 Å². The van der Waals surface area contributed by atoms with Gasteiger partial charge in [-0.2, -0.15) is 0 Å². The van der Waals surface area contributed by atoms with E-state index in [1.54, 1.807) is 0 Å². The van der Waals surface area contributed by atoms with Gasteiger partial charge < -0.3 is 10.2 Å². The molecule has 2 aliphatic heterocycles. The first-order valence-electron chi connectivity index (χ1n) is 15.2. The van der Waals surface area contributed by atoms with Crippen molar-refractivity contribution in [2.75, 3.05) is 10.2 Å². The second kappa shape index (κ2) is 10.3. The third kappa shape index (κ3) is 4.03. The molecule has 5 heteroatoms. The molecular formula is C40H28N3PS. The smallest absolute Gasteiger partial charge is 0.131 e. The van der Waals surface area contributed by atoms with Crippen molar-refractivity contribution in [1.82, 2.24) is 4.98 Å².